The molecule has 1 amide bonds. The van der Waals surface area contributed by atoms with Crippen LogP contribution < -0.4 is 5.32 Å². The van der Waals surface area contributed by atoms with Gasteiger partial charge in [0.15, 0.2) is 0 Å². The Morgan fingerprint density at radius 2 is 1.84 bits per heavy atom. The predicted octanol–water partition coefficient (Wildman–Crippen LogP) is 2.92. The molecule has 0 spiro atoms. The van der Waals surface area contributed by atoms with Gasteiger partial charge in [-0.3, -0.25) is 4.90 Å². The van der Waals surface area contributed by atoms with Crippen LogP contribution >= 0.6 is 0 Å². The minimum absolute atomic E-state index is 0.261. The van der Waals surface area contributed by atoms with Gasteiger partial charge in [-0.05, 0) is 40.0 Å². The van der Waals surface area contributed by atoms with E-state index < -0.39 is 5.60 Å². The summed E-state index contributed by atoms with van der Waals surface area (Å²) >= 11 is 0. The maximum absolute atomic E-state index is 11.7. The van der Waals surface area contributed by atoms with Crippen molar-refractivity contribution in [1.29, 1.82) is 0 Å². The van der Waals surface area contributed by atoms with Gasteiger partial charge in [-0.2, -0.15) is 0 Å². The molecular weight excluding hydrogens is 240 g/mol. The van der Waals surface area contributed by atoms with E-state index in [0.29, 0.717) is 0 Å². The van der Waals surface area contributed by atoms with Crippen LogP contribution in [0.1, 0.15) is 59.3 Å². The molecule has 1 aliphatic carbocycles. The van der Waals surface area contributed by atoms with Crippen molar-refractivity contribution in [3.8, 4) is 0 Å². The fraction of sp³-hybridized carbons (Fsp3) is 0.933. The van der Waals surface area contributed by atoms with Crippen LogP contribution in [0.15, 0.2) is 0 Å². The van der Waals surface area contributed by atoms with E-state index in [9.17, 15) is 4.79 Å². The molecule has 0 aromatic heterocycles. The SMILES string of the molecule is CC(C)(C)OC(=O)NC1CCN(C2CCCCC2)C1. The molecule has 0 aromatic carbocycles. The van der Waals surface area contributed by atoms with Crippen molar-refractivity contribution < 1.29 is 9.53 Å². The number of amides is 1. The van der Waals surface area contributed by atoms with E-state index in [-0.39, 0.29) is 12.1 Å². The lowest BCUT2D eigenvalue weighted by atomic mass is 9.94. The van der Waals surface area contributed by atoms with Gasteiger partial charge in [0.1, 0.15) is 5.60 Å². The summed E-state index contributed by atoms with van der Waals surface area (Å²) in [5.41, 5.74) is -0.411. The number of carbonyl (C=O) groups excluding carboxylic acids is 1. The quantitative estimate of drug-likeness (QED) is 0.837. The Balaban J connectivity index is 1.74. The zero-order valence-corrected chi connectivity index (χ0v) is 12.6. The zero-order chi connectivity index (χ0) is 13.9. The summed E-state index contributed by atoms with van der Waals surface area (Å²) in [4.78, 5) is 14.3. The topological polar surface area (TPSA) is 41.6 Å². The molecule has 1 saturated carbocycles. The van der Waals surface area contributed by atoms with Crippen LogP contribution in [0.4, 0.5) is 4.79 Å². The van der Waals surface area contributed by atoms with Gasteiger partial charge in [0, 0.05) is 25.2 Å². The standard InChI is InChI=1S/C15H28N2O2/c1-15(2,3)19-14(18)16-12-9-10-17(11-12)13-7-5-4-6-8-13/h12-13H,4-11H2,1-3H3,(H,16,18). The molecule has 1 unspecified atom stereocenters. The summed E-state index contributed by atoms with van der Waals surface area (Å²) in [5.74, 6) is 0. The number of hydrogen-bond donors (Lipinski definition) is 1. The van der Waals surface area contributed by atoms with Crippen LogP contribution in [-0.2, 0) is 4.74 Å². The van der Waals surface area contributed by atoms with Gasteiger partial charge < -0.3 is 10.1 Å². The van der Waals surface area contributed by atoms with Crippen molar-refractivity contribution in [3.63, 3.8) is 0 Å². The van der Waals surface area contributed by atoms with Gasteiger partial charge in [0.2, 0.25) is 0 Å². The lowest BCUT2D eigenvalue weighted by Crippen LogP contribution is -2.42. The van der Waals surface area contributed by atoms with Gasteiger partial charge in [0.05, 0.1) is 0 Å². The summed E-state index contributed by atoms with van der Waals surface area (Å²) in [6.07, 6.45) is 7.57. The van der Waals surface area contributed by atoms with Crippen LogP contribution in [0.3, 0.4) is 0 Å². The summed E-state index contributed by atoms with van der Waals surface area (Å²) in [6.45, 7) is 7.80. The fourth-order valence-electron chi connectivity index (χ4n) is 3.16. The average Bonchev–Trinajstić information content (AvgIpc) is 2.76. The van der Waals surface area contributed by atoms with E-state index in [4.69, 9.17) is 4.74 Å². The molecule has 1 saturated heterocycles. The van der Waals surface area contributed by atoms with Crippen molar-refractivity contribution in [1.82, 2.24) is 10.2 Å². The van der Waals surface area contributed by atoms with E-state index in [0.717, 1.165) is 25.6 Å². The van der Waals surface area contributed by atoms with Crippen LogP contribution in [-0.4, -0.2) is 41.8 Å². The molecule has 4 heteroatoms. The molecule has 2 rings (SSSR count). The molecule has 110 valence electrons. The highest BCUT2D eigenvalue weighted by atomic mass is 16.6. The largest absolute Gasteiger partial charge is 0.444 e. The summed E-state index contributed by atoms with van der Waals surface area (Å²) < 4.78 is 5.31. The average molecular weight is 268 g/mol. The van der Waals surface area contributed by atoms with Crippen molar-refractivity contribution in [2.45, 2.75) is 77.0 Å². The molecule has 4 nitrogen and oxygen atoms in total. The van der Waals surface area contributed by atoms with Crippen molar-refractivity contribution in [2.24, 2.45) is 0 Å². The van der Waals surface area contributed by atoms with Gasteiger partial charge in [-0.25, -0.2) is 4.79 Å². The Morgan fingerprint density at radius 3 is 2.47 bits per heavy atom. The highest BCUT2D eigenvalue weighted by Crippen LogP contribution is 2.25. The molecule has 2 aliphatic rings. The lowest BCUT2D eigenvalue weighted by Gasteiger charge is -2.31. The smallest absolute Gasteiger partial charge is 0.407 e. The van der Waals surface area contributed by atoms with Crippen LogP contribution in [0.2, 0.25) is 0 Å². The Labute approximate surface area is 116 Å². The molecule has 1 N–H and O–H groups in total. The first-order valence-electron chi connectivity index (χ1n) is 7.67. The monoisotopic (exact) mass is 268 g/mol. The van der Waals surface area contributed by atoms with Crippen LogP contribution in [0.25, 0.3) is 0 Å². The molecule has 0 radical (unpaired) electrons. The van der Waals surface area contributed by atoms with Gasteiger partial charge >= 0.3 is 6.09 Å². The number of nitrogens with zero attached hydrogens (tertiary/aromatic N) is 1. The maximum Gasteiger partial charge on any atom is 0.407 e. The second-order valence-corrected chi connectivity index (χ2v) is 6.92. The maximum atomic E-state index is 11.7. The number of nitrogens with one attached hydrogen (secondary N) is 1. The first-order valence-corrected chi connectivity index (χ1v) is 7.67. The highest BCUT2D eigenvalue weighted by molar-refractivity contribution is 5.68. The second kappa shape index (κ2) is 6.12. The Morgan fingerprint density at radius 1 is 1.16 bits per heavy atom. The molecule has 1 aliphatic heterocycles. The Bertz CT molecular complexity index is 306. The van der Waals surface area contributed by atoms with Crippen molar-refractivity contribution in [3.05, 3.63) is 0 Å². The number of hydrogen-bond acceptors (Lipinski definition) is 3. The number of ether oxygens (including phenoxy) is 1. The Kier molecular flexibility index (Phi) is 4.71. The number of carbonyl (C=O) groups is 1. The third-order valence-electron chi connectivity index (χ3n) is 4.03. The summed E-state index contributed by atoms with van der Waals surface area (Å²) in [7, 11) is 0. The van der Waals surface area contributed by atoms with Crippen molar-refractivity contribution in [2.75, 3.05) is 13.1 Å². The van der Waals surface area contributed by atoms with E-state index in [2.05, 4.69) is 10.2 Å². The van der Waals surface area contributed by atoms with Crippen molar-refractivity contribution >= 4 is 6.09 Å². The van der Waals surface area contributed by atoms with E-state index >= 15 is 0 Å². The first kappa shape index (κ1) is 14.6. The third-order valence-corrected chi connectivity index (χ3v) is 4.03. The first-order chi connectivity index (χ1) is 8.94. The van der Waals surface area contributed by atoms with E-state index in [1.165, 1.54) is 32.1 Å². The van der Waals surface area contributed by atoms with Crippen LogP contribution in [0.5, 0.6) is 0 Å². The van der Waals surface area contributed by atoms with E-state index in [1.54, 1.807) is 0 Å². The van der Waals surface area contributed by atoms with E-state index in [1.807, 2.05) is 20.8 Å². The Hall–Kier alpha value is -0.770. The van der Waals surface area contributed by atoms with Gasteiger partial charge in [-0.1, -0.05) is 19.3 Å². The summed E-state index contributed by atoms with van der Waals surface area (Å²) in [5, 5.41) is 3.00. The number of alkyl carbamates (subject to hydrolysis) is 1. The fourth-order valence-corrected chi connectivity index (χ4v) is 3.16. The van der Waals surface area contributed by atoms with Gasteiger partial charge in [-0.15, -0.1) is 0 Å². The molecule has 1 atom stereocenters. The molecule has 19 heavy (non-hydrogen) atoms. The molecule has 2 fully saturated rings. The molecular formula is C15H28N2O2. The minimum Gasteiger partial charge on any atom is -0.444 e. The predicted molar refractivity (Wildman–Crippen MR) is 76.2 cm³/mol. The number of rotatable bonds is 2. The normalized spacial score (nSPS) is 26.4. The minimum atomic E-state index is -0.411. The zero-order valence-electron chi connectivity index (χ0n) is 12.6. The van der Waals surface area contributed by atoms with Crippen LogP contribution in [0, 0.1) is 0 Å². The highest BCUT2D eigenvalue weighted by Gasteiger charge is 2.30. The van der Waals surface area contributed by atoms with Gasteiger partial charge in [0.25, 0.3) is 0 Å². The lowest BCUT2D eigenvalue weighted by molar-refractivity contribution is 0.0503. The third kappa shape index (κ3) is 4.68. The number of likely N-dealkylation sites (tertiary alicyclic amines) is 1. The summed E-state index contributed by atoms with van der Waals surface area (Å²) in [6, 6.07) is 1.01. The second-order valence-electron chi connectivity index (χ2n) is 6.92. The molecule has 0 aromatic rings. The molecule has 1 heterocycles. The molecule has 0 bridgehead atoms.